The highest BCUT2D eigenvalue weighted by atomic mass is 16.5. The number of nitrogens with zero attached hydrogens (tertiary/aromatic N) is 1. The molecule has 1 aliphatic rings. The third-order valence-corrected chi connectivity index (χ3v) is 9.81. The van der Waals surface area contributed by atoms with Crippen molar-refractivity contribution in [2.24, 2.45) is 0 Å². The minimum Gasteiger partial charge on any atom is -0.427 e. The van der Waals surface area contributed by atoms with Crippen LogP contribution in [0.1, 0.15) is 49.9 Å². The Hall–Kier alpha value is -4.90. The molecule has 1 aliphatic carbocycles. The number of para-hydroxylation sites is 1. The molecular formula is C43H39BNO2. The molecule has 0 aromatic heterocycles. The lowest BCUT2D eigenvalue weighted by molar-refractivity contribution is -0.0893. The van der Waals surface area contributed by atoms with Gasteiger partial charge in [-0.1, -0.05) is 127 Å². The van der Waals surface area contributed by atoms with Crippen LogP contribution in [0.4, 0.5) is 17.1 Å². The number of aliphatic hydroxyl groups is 1. The van der Waals surface area contributed by atoms with Gasteiger partial charge < -0.3 is 14.7 Å². The topological polar surface area (TPSA) is 32.7 Å². The van der Waals surface area contributed by atoms with Crippen molar-refractivity contribution in [2.75, 3.05) is 4.90 Å². The van der Waals surface area contributed by atoms with Crippen molar-refractivity contribution >= 4 is 30.0 Å². The summed E-state index contributed by atoms with van der Waals surface area (Å²) in [6, 6.07) is 56.4. The molecule has 4 heteroatoms. The Morgan fingerprint density at radius 3 is 1.70 bits per heavy atom. The molecule has 0 atom stereocenters. The third kappa shape index (κ3) is 5.38. The first-order chi connectivity index (χ1) is 22.7. The third-order valence-electron chi connectivity index (χ3n) is 9.81. The molecule has 0 aliphatic heterocycles. The van der Waals surface area contributed by atoms with Crippen LogP contribution in [0.25, 0.3) is 11.1 Å². The average molecular weight is 613 g/mol. The van der Waals surface area contributed by atoms with E-state index in [1.54, 1.807) is 21.3 Å². The molecule has 0 fully saturated rings. The first-order valence-corrected chi connectivity index (χ1v) is 16.2. The fraction of sp³-hybridized carbons (Fsp3) is 0.163. The van der Waals surface area contributed by atoms with Crippen molar-refractivity contribution in [3.63, 3.8) is 0 Å². The highest BCUT2D eigenvalue weighted by molar-refractivity contribution is 6.47. The van der Waals surface area contributed by atoms with Crippen molar-refractivity contribution in [2.45, 2.75) is 44.3 Å². The minimum atomic E-state index is -1.01. The summed E-state index contributed by atoms with van der Waals surface area (Å²) >= 11 is 0. The van der Waals surface area contributed by atoms with Gasteiger partial charge >= 0.3 is 7.48 Å². The first-order valence-electron chi connectivity index (χ1n) is 16.2. The zero-order valence-electron chi connectivity index (χ0n) is 27.4. The fourth-order valence-electron chi connectivity index (χ4n) is 6.69. The lowest BCUT2D eigenvalue weighted by Crippen LogP contribution is -2.49. The van der Waals surface area contributed by atoms with Gasteiger partial charge in [0.1, 0.15) is 0 Å². The molecule has 0 unspecified atom stereocenters. The Bertz CT molecular complexity index is 1960. The lowest BCUT2D eigenvalue weighted by atomic mass is 9.67. The van der Waals surface area contributed by atoms with E-state index in [9.17, 15) is 5.11 Å². The molecule has 0 heterocycles. The summed E-state index contributed by atoms with van der Waals surface area (Å²) in [6.45, 7) is 7.34. The van der Waals surface area contributed by atoms with Gasteiger partial charge in [0.05, 0.1) is 16.6 Å². The molecule has 231 valence electrons. The molecule has 7 rings (SSSR count). The number of anilines is 3. The Balaban J connectivity index is 1.41. The highest BCUT2D eigenvalue weighted by Crippen LogP contribution is 2.57. The average Bonchev–Trinajstić information content (AvgIpc) is 3.39. The van der Waals surface area contributed by atoms with E-state index < -0.39 is 16.6 Å². The van der Waals surface area contributed by atoms with Crippen LogP contribution in [-0.4, -0.2) is 23.8 Å². The van der Waals surface area contributed by atoms with Gasteiger partial charge in [0, 0.05) is 17.1 Å². The monoisotopic (exact) mass is 612 g/mol. The van der Waals surface area contributed by atoms with E-state index in [-0.39, 0.29) is 0 Å². The molecule has 1 N–H and O–H groups in total. The molecule has 1 radical (unpaired) electrons. The minimum absolute atomic E-state index is 0.487. The molecule has 0 amide bonds. The predicted molar refractivity (Wildman–Crippen MR) is 195 cm³/mol. The molecular weight excluding hydrogens is 573 g/mol. The van der Waals surface area contributed by atoms with Gasteiger partial charge in [-0.25, -0.2) is 0 Å². The second-order valence-corrected chi connectivity index (χ2v) is 13.3. The SMILES string of the molecule is CC(C)(O)C(C)(C)O[B]c1cccc(N(c2ccccc2)c2ccc3c(c2)C(c2ccccc2)(c2ccccc2)c2ccccc2-3)c1. The van der Waals surface area contributed by atoms with Crippen LogP contribution in [-0.2, 0) is 10.1 Å². The number of benzene rings is 6. The normalized spacial score (nSPS) is 13.5. The van der Waals surface area contributed by atoms with E-state index >= 15 is 0 Å². The van der Waals surface area contributed by atoms with Crippen molar-refractivity contribution in [3.05, 3.63) is 180 Å². The summed E-state index contributed by atoms with van der Waals surface area (Å²) in [6.07, 6.45) is 0. The maximum atomic E-state index is 10.7. The van der Waals surface area contributed by atoms with Gasteiger partial charge in [-0.2, -0.15) is 0 Å². The number of hydrogen-bond donors (Lipinski definition) is 1. The van der Waals surface area contributed by atoms with Crippen LogP contribution in [0.2, 0.25) is 0 Å². The zero-order valence-corrected chi connectivity index (χ0v) is 27.4. The quantitative estimate of drug-likeness (QED) is 0.165. The molecule has 0 spiro atoms. The number of rotatable bonds is 9. The lowest BCUT2D eigenvalue weighted by Gasteiger charge is -2.37. The Labute approximate surface area is 279 Å². The zero-order chi connectivity index (χ0) is 32.6. The Morgan fingerprint density at radius 1 is 0.532 bits per heavy atom. The largest absolute Gasteiger partial charge is 0.427 e. The molecule has 6 aromatic rings. The smallest absolute Gasteiger partial charge is 0.330 e. The maximum Gasteiger partial charge on any atom is 0.330 e. The number of fused-ring (bicyclic) bond motifs is 3. The Kier molecular flexibility index (Phi) is 7.87. The van der Waals surface area contributed by atoms with Gasteiger partial charge in [0.25, 0.3) is 0 Å². The van der Waals surface area contributed by atoms with Crippen LogP contribution in [0.5, 0.6) is 0 Å². The van der Waals surface area contributed by atoms with E-state index in [1.807, 2.05) is 26.0 Å². The van der Waals surface area contributed by atoms with Crippen LogP contribution in [0.3, 0.4) is 0 Å². The first kappa shape index (κ1) is 30.7. The van der Waals surface area contributed by atoms with Gasteiger partial charge in [0.2, 0.25) is 0 Å². The molecule has 3 nitrogen and oxygen atoms in total. The summed E-state index contributed by atoms with van der Waals surface area (Å²) in [5.41, 5.74) is 9.31. The van der Waals surface area contributed by atoms with Crippen LogP contribution in [0, 0.1) is 0 Å². The van der Waals surface area contributed by atoms with Crippen LogP contribution < -0.4 is 10.4 Å². The summed E-state index contributed by atoms with van der Waals surface area (Å²) in [7, 11) is 1.75. The second-order valence-electron chi connectivity index (χ2n) is 13.3. The van der Waals surface area contributed by atoms with Crippen molar-refractivity contribution in [3.8, 4) is 11.1 Å². The van der Waals surface area contributed by atoms with E-state index in [1.165, 1.54) is 33.4 Å². The molecule has 0 saturated carbocycles. The molecule has 0 saturated heterocycles. The second kappa shape index (κ2) is 12.0. The van der Waals surface area contributed by atoms with Gasteiger partial charge in [0.15, 0.2) is 0 Å². The molecule has 47 heavy (non-hydrogen) atoms. The standard InChI is InChI=1S/C43H39BNO2/c1-41(2,46)42(3,4)47-44-33-21-16-24-35(29-33)45(34-22-12-7-13-23-34)36-27-28-38-37-25-14-15-26-39(37)43(40(38)30-36,31-17-8-5-9-18-31)32-19-10-6-11-20-32/h5-30,46H,1-4H3. The van der Waals surface area contributed by atoms with Crippen LogP contribution >= 0.6 is 0 Å². The molecule has 6 aromatic carbocycles. The molecule has 0 bridgehead atoms. The van der Waals surface area contributed by atoms with Crippen LogP contribution in [0.15, 0.2) is 158 Å². The summed E-state index contributed by atoms with van der Waals surface area (Å²) in [5.74, 6) is 0. The summed E-state index contributed by atoms with van der Waals surface area (Å²) in [5, 5.41) is 10.7. The van der Waals surface area contributed by atoms with E-state index in [0.717, 1.165) is 22.5 Å². The van der Waals surface area contributed by atoms with E-state index in [4.69, 9.17) is 4.65 Å². The van der Waals surface area contributed by atoms with Crippen molar-refractivity contribution in [1.82, 2.24) is 0 Å². The van der Waals surface area contributed by atoms with Gasteiger partial charge in [-0.15, -0.1) is 0 Å². The maximum absolute atomic E-state index is 10.7. The van der Waals surface area contributed by atoms with E-state index in [0.29, 0.717) is 0 Å². The predicted octanol–water partition coefficient (Wildman–Crippen LogP) is 9.33. The summed E-state index contributed by atoms with van der Waals surface area (Å²) in [4.78, 5) is 2.31. The van der Waals surface area contributed by atoms with Crippen molar-refractivity contribution in [1.29, 1.82) is 0 Å². The van der Waals surface area contributed by atoms with Gasteiger partial charge in [-0.3, -0.25) is 0 Å². The Morgan fingerprint density at radius 2 is 1.06 bits per heavy atom. The number of hydrogen-bond acceptors (Lipinski definition) is 3. The summed E-state index contributed by atoms with van der Waals surface area (Å²) < 4.78 is 6.15. The van der Waals surface area contributed by atoms with Crippen molar-refractivity contribution < 1.29 is 9.76 Å². The van der Waals surface area contributed by atoms with E-state index in [2.05, 4.69) is 150 Å². The highest BCUT2D eigenvalue weighted by Gasteiger charge is 2.46. The van der Waals surface area contributed by atoms with Gasteiger partial charge in [-0.05, 0) is 97.5 Å². The fourth-order valence-corrected chi connectivity index (χ4v) is 6.69.